The van der Waals surface area contributed by atoms with E-state index in [1.807, 2.05) is 25.1 Å². The van der Waals surface area contributed by atoms with Crippen molar-refractivity contribution >= 4 is 54.8 Å². The third-order valence-corrected chi connectivity index (χ3v) is 8.83. The van der Waals surface area contributed by atoms with E-state index in [9.17, 15) is 13.2 Å². The Balaban J connectivity index is 1.36. The number of hydrogen-bond acceptors (Lipinski definition) is 6. The summed E-state index contributed by atoms with van der Waals surface area (Å²) in [6, 6.07) is 15.4. The number of carbonyl (C=O) groups is 1. The lowest BCUT2D eigenvalue weighted by Gasteiger charge is -2.26. The highest BCUT2D eigenvalue weighted by atomic mass is 35.5. The molecule has 2 aromatic carbocycles. The van der Waals surface area contributed by atoms with Crippen LogP contribution in [0.5, 0.6) is 0 Å². The average molecular weight is 517 g/mol. The molecule has 11 heteroatoms. The van der Waals surface area contributed by atoms with Gasteiger partial charge >= 0.3 is 0 Å². The Morgan fingerprint density at radius 2 is 1.76 bits per heavy atom. The van der Waals surface area contributed by atoms with Crippen LogP contribution < -0.4 is 5.32 Å². The van der Waals surface area contributed by atoms with Crippen LogP contribution in [0, 0.1) is 6.92 Å². The van der Waals surface area contributed by atoms with E-state index in [4.69, 9.17) is 16.3 Å². The molecule has 0 bridgehead atoms. The Hall–Kier alpha value is -2.76. The first-order valence-corrected chi connectivity index (χ1v) is 13.2. The van der Waals surface area contributed by atoms with Crippen molar-refractivity contribution in [2.24, 2.45) is 0 Å². The fourth-order valence-electron chi connectivity index (χ4n) is 3.76. The molecule has 2 aromatic heterocycles. The van der Waals surface area contributed by atoms with E-state index in [2.05, 4.69) is 10.4 Å². The summed E-state index contributed by atoms with van der Waals surface area (Å²) in [7, 11) is -3.58. The summed E-state index contributed by atoms with van der Waals surface area (Å²) in [6.45, 7) is 3.34. The van der Waals surface area contributed by atoms with Gasteiger partial charge in [0.15, 0.2) is 0 Å². The summed E-state index contributed by atoms with van der Waals surface area (Å²) in [4.78, 5) is 14.5. The Labute approximate surface area is 205 Å². The molecule has 1 saturated heterocycles. The minimum absolute atomic E-state index is 0.188. The lowest BCUT2D eigenvalue weighted by Crippen LogP contribution is -2.40. The molecule has 8 nitrogen and oxygen atoms in total. The Bertz CT molecular complexity index is 1460. The second kappa shape index (κ2) is 9.12. The van der Waals surface area contributed by atoms with Crippen LogP contribution in [0.15, 0.2) is 59.5 Å². The molecule has 1 aliphatic rings. The summed E-state index contributed by atoms with van der Waals surface area (Å²) in [5, 5.41) is 8.98. The molecular weight excluding hydrogens is 496 g/mol. The Morgan fingerprint density at radius 1 is 1.09 bits per heavy atom. The minimum atomic E-state index is -3.58. The van der Waals surface area contributed by atoms with Crippen LogP contribution in [0.25, 0.3) is 15.9 Å². The molecule has 1 aliphatic heterocycles. The van der Waals surface area contributed by atoms with Crippen LogP contribution in [0.3, 0.4) is 0 Å². The molecule has 0 saturated carbocycles. The Kier molecular flexibility index (Phi) is 6.17. The molecule has 0 unspecified atom stereocenters. The number of fused-ring (bicyclic) bond motifs is 1. The predicted molar refractivity (Wildman–Crippen MR) is 133 cm³/mol. The van der Waals surface area contributed by atoms with E-state index >= 15 is 0 Å². The maximum absolute atomic E-state index is 12.9. The Morgan fingerprint density at radius 3 is 2.44 bits per heavy atom. The number of carbonyl (C=O) groups excluding carboxylic acids is 1. The molecule has 0 aliphatic carbocycles. The molecule has 0 spiro atoms. The first kappa shape index (κ1) is 23.0. The molecule has 34 heavy (non-hydrogen) atoms. The molecule has 1 amide bonds. The summed E-state index contributed by atoms with van der Waals surface area (Å²) in [5.74, 6) is -0.271. The van der Waals surface area contributed by atoms with Crippen LogP contribution in [0.1, 0.15) is 15.4 Å². The first-order chi connectivity index (χ1) is 16.3. The van der Waals surface area contributed by atoms with E-state index < -0.39 is 10.0 Å². The highest BCUT2D eigenvalue weighted by Gasteiger charge is 2.26. The van der Waals surface area contributed by atoms with Gasteiger partial charge < -0.3 is 10.1 Å². The molecule has 1 fully saturated rings. The van der Waals surface area contributed by atoms with Crippen LogP contribution in [-0.4, -0.2) is 54.7 Å². The molecule has 0 radical (unpaired) electrons. The number of nitrogens with one attached hydrogen (secondary N) is 1. The van der Waals surface area contributed by atoms with Crippen molar-refractivity contribution in [2.45, 2.75) is 11.8 Å². The standard InChI is InChI=1S/C23H21ClN4O4S2/c1-15-20-14-21(33-23(20)28(26-15)18-6-2-16(24)3-7-18)22(29)25-17-4-8-19(9-5-17)34(30,31)27-10-12-32-13-11-27/h2-9,14H,10-13H2,1H3,(H,25,29). The van der Waals surface area contributed by atoms with Gasteiger partial charge in [0.1, 0.15) is 4.83 Å². The zero-order chi connectivity index (χ0) is 23.9. The lowest BCUT2D eigenvalue weighted by atomic mass is 10.3. The zero-order valence-electron chi connectivity index (χ0n) is 18.2. The number of aryl methyl sites for hydroxylation is 1. The molecule has 3 heterocycles. The van der Waals surface area contributed by atoms with Crippen molar-refractivity contribution in [3.63, 3.8) is 0 Å². The van der Waals surface area contributed by atoms with Gasteiger partial charge in [0.05, 0.1) is 34.4 Å². The number of benzene rings is 2. The first-order valence-electron chi connectivity index (χ1n) is 10.6. The summed E-state index contributed by atoms with van der Waals surface area (Å²) >= 11 is 7.34. The molecule has 0 atom stereocenters. The van der Waals surface area contributed by atoms with Crippen molar-refractivity contribution in [1.29, 1.82) is 0 Å². The second-order valence-electron chi connectivity index (χ2n) is 7.80. The summed E-state index contributed by atoms with van der Waals surface area (Å²) in [6.07, 6.45) is 0. The number of thiophene rings is 1. The van der Waals surface area contributed by atoms with Crippen molar-refractivity contribution in [3.05, 3.63) is 70.2 Å². The largest absolute Gasteiger partial charge is 0.379 e. The van der Waals surface area contributed by atoms with Gasteiger partial charge in [-0.05, 0) is 61.5 Å². The third-order valence-electron chi connectivity index (χ3n) is 5.56. The number of sulfonamides is 1. The number of hydrogen-bond donors (Lipinski definition) is 1. The molecule has 4 aromatic rings. The van der Waals surface area contributed by atoms with Gasteiger partial charge in [-0.2, -0.15) is 9.40 Å². The second-order valence-corrected chi connectivity index (χ2v) is 11.2. The molecule has 1 N–H and O–H groups in total. The number of aromatic nitrogens is 2. The average Bonchev–Trinajstić information content (AvgIpc) is 3.41. The van der Waals surface area contributed by atoms with Crippen molar-refractivity contribution < 1.29 is 17.9 Å². The highest BCUT2D eigenvalue weighted by molar-refractivity contribution is 7.89. The lowest BCUT2D eigenvalue weighted by molar-refractivity contribution is 0.0730. The fraction of sp³-hybridized carbons (Fsp3) is 0.217. The van der Waals surface area contributed by atoms with E-state index in [0.29, 0.717) is 41.9 Å². The van der Waals surface area contributed by atoms with Gasteiger partial charge in [-0.25, -0.2) is 13.1 Å². The number of rotatable bonds is 5. The van der Waals surface area contributed by atoms with Crippen molar-refractivity contribution in [1.82, 2.24) is 14.1 Å². The van der Waals surface area contributed by atoms with Gasteiger partial charge in [0.2, 0.25) is 10.0 Å². The number of amides is 1. The normalized spacial score (nSPS) is 15.0. The molecule has 176 valence electrons. The third kappa shape index (κ3) is 4.35. The maximum atomic E-state index is 12.9. The number of morpholine rings is 1. The number of ether oxygens (including phenoxy) is 1. The monoisotopic (exact) mass is 516 g/mol. The smallest absolute Gasteiger partial charge is 0.265 e. The molecular formula is C23H21ClN4O4S2. The maximum Gasteiger partial charge on any atom is 0.265 e. The number of anilines is 1. The van der Waals surface area contributed by atoms with Crippen molar-refractivity contribution in [3.8, 4) is 5.69 Å². The predicted octanol–water partition coefficient (Wildman–Crippen LogP) is 4.32. The quantitative estimate of drug-likeness (QED) is 0.426. The van der Waals surface area contributed by atoms with E-state index in [1.165, 1.54) is 27.8 Å². The van der Waals surface area contributed by atoms with E-state index in [1.54, 1.807) is 28.9 Å². The highest BCUT2D eigenvalue weighted by Crippen LogP contribution is 2.31. The van der Waals surface area contributed by atoms with Crippen LogP contribution >= 0.6 is 22.9 Å². The van der Waals surface area contributed by atoms with Crippen molar-refractivity contribution in [2.75, 3.05) is 31.6 Å². The van der Waals surface area contributed by atoms with E-state index in [0.717, 1.165) is 21.6 Å². The van der Waals surface area contributed by atoms with Crippen LogP contribution in [0.4, 0.5) is 5.69 Å². The van der Waals surface area contributed by atoms with Gasteiger partial charge in [-0.1, -0.05) is 11.6 Å². The van der Waals surface area contributed by atoms with Gasteiger partial charge in [0.25, 0.3) is 5.91 Å². The summed E-state index contributed by atoms with van der Waals surface area (Å²) in [5.41, 5.74) is 2.19. The topological polar surface area (TPSA) is 93.5 Å². The molecule has 5 rings (SSSR count). The van der Waals surface area contributed by atoms with Gasteiger partial charge in [0, 0.05) is 29.2 Å². The SMILES string of the molecule is Cc1nn(-c2ccc(Cl)cc2)c2sc(C(=O)Nc3ccc(S(=O)(=O)N4CCOCC4)cc3)cc12. The minimum Gasteiger partial charge on any atom is -0.379 e. The van der Waals surface area contributed by atoms with Gasteiger partial charge in [-0.15, -0.1) is 11.3 Å². The number of nitrogens with zero attached hydrogens (tertiary/aromatic N) is 3. The van der Waals surface area contributed by atoms with Crippen LogP contribution in [-0.2, 0) is 14.8 Å². The van der Waals surface area contributed by atoms with Crippen LogP contribution in [0.2, 0.25) is 5.02 Å². The van der Waals surface area contributed by atoms with E-state index in [-0.39, 0.29) is 10.8 Å². The summed E-state index contributed by atoms with van der Waals surface area (Å²) < 4.78 is 34.0. The number of halogens is 1. The zero-order valence-corrected chi connectivity index (χ0v) is 20.6. The van der Waals surface area contributed by atoms with Gasteiger partial charge in [-0.3, -0.25) is 4.79 Å². The fourth-order valence-corrected chi connectivity index (χ4v) is 6.37.